The molecule has 0 fully saturated rings. The van der Waals surface area contributed by atoms with E-state index in [4.69, 9.17) is 0 Å². The van der Waals surface area contributed by atoms with Crippen molar-refractivity contribution in [1.82, 2.24) is 0 Å². The molecule has 0 aromatic heterocycles. The van der Waals surface area contributed by atoms with Gasteiger partial charge in [-0.3, -0.25) is 0 Å². The van der Waals surface area contributed by atoms with Crippen LogP contribution in [0.25, 0.3) is 56.0 Å². The molecule has 0 spiro atoms. The Bertz CT molecular complexity index is 2100. The molecule has 214 valence electrons. The normalized spacial score (nSPS) is 17.3. The van der Waals surface area contributed by atoms with E-state index in [1.54, 1.807) is 3.26 Å². The summed E-state index contributed by atoms with van der Waals surface area (Å²) in [5.74, 6) is 0. The van der Waals surface area contributed by atoms with Crippen LogP contribution < -0.4 is 0 Å². The Hall–Kier alpha value is -3.94. The summed E-state index contributed by atoms with van der Waals surface area (Å²) in [6, 6.07) is 45.1. The van der Waals surface area contributed by atoms with Gasteiger partial charge in [-0.1, -0.05) is 0 Å². The predicted molar refractivity (Wildman–Crippen MR) is 190 cm³/mol. The van der Waals surface area contributed by atoms with Crippen molar-refractivity contribution < 1.29 is 18.0 Å². The summed E-state index contributed by atoms with van der Waals surface area (Å²) in [5, 5.41) is 5.24. The van der Waals surface area contributed by atoms with Gasteiger partial charge in [-0.15, -0.1) is 0 Å². The van der Waals surface area contributed by atoms with E-state index in [0.717, 1.165) is 0 Å². The van der Waals surface area contributed by atoms with Gasteiger partial charge in [0, 0.05) is 0 Å². The fourth-order valence-corrected chi connectivity index (χ4v) is 27.9. The van der Waals surface area contributed by atoms with E-state index < -0.39 is 18.0 Å². The summed E-state index contributed by atoms with van der Waals surface area (Å²) < 4.78 is 8.02. The number of hydrogen-bond donors (Lipinski definition) is 0. The SMILES string of the molecule is C[C](C)=[Hf]([CH3])([CH3])([CH]1C=Cc2c(-c3cccc4ccccc34)cccc21)[CH]1C=Cc2c(-c3cccc4ccccc34)cccc21. The van der Waals surface area contributed by atoms with E-state index in [1.165, 1.54) is 66.1 Å². The van der Waals surface area contributed by atoms with Gasteiger partial charge in [0.15, 0.2) is 0 Å². The number of rotatable bonds is 4. The summed E-state index contributed by atoms with van der Waals surface area (Å²) in [7, 11) is 0. The second-order valence-corrected chi connectivity index (χ2v) is 40.8. The van der Waals surface area contributed by atoms with E-state index in [0.29, 0.717) is 7.35 Å². The Labute approximate surface area is 262 Å². The van der Waals surface area contributed by atoms with Crippen molar-refractivity contribution in [2.45, 2.75) is 30.6 Å². The number of benzene rings is 6. The standard InChI is InChI=1S/2C19H13.C3H6.2CH3.Hf/c2*1-2-10-16-14(6-1)8-4-12-18(16)19-13-5-9-15-7-3-11-17(15)19;1-3-2;;;/h2*1-13H;1-2H3;2*1H3;. The van der Waals surface area contributed by atoms with Crippen molar-refractivity contribution in [2.24, 2.45) is 0 Å². The molecule has 8 rings (SSSR count). The van der Waals surface area contributed by atoms with Gasteiger partial charge in [0.05, 0.1) is 0 Å². The molecule has 0 aliphatic heterocycles. The maximum atomic E-state index is 2.73. The monoisotopic (exact) mass is 734 g/mol. The molecule has 6 aromatic carbocycles. The molecule has 1 heteroatoms. The van der Waals surface area contributed by atoms with Crippen LogP contribution in [-0.2, 0) is 18.0 Å². The predicted octanol–water partition coefficient (Wildman–Crippen LogP) is 12.2. The van der Waals surface area contributed by atoms with E-state index in [2.05, 4.69) is 169 Å². The number of allylic oxidation sites excluding steroid dienone is 2. The Morgan fingerprint density at radius 3 is 1.30 bits per heavy atom. The first-order chi connectivity index (χ1) is 21.4. The summed E-state index contributed by atoms with van der Waals surface area (Å²) in [4.78, 5) is 0. The van der Waals surface area contributed by atoms with Gasteiger partial charge < -0.3 is 0 Å². The third kappa shape index (κ3) is 3.88. The van der Waals surface area contributed by atoms with Crippen molar-refractivity contribution in [1.29, 1.82) is 0 Å². The molecule has 0 saturated carbocycles. The molecule has 0 heterocycles. The summed E-state index contributed by atoms with van der Waals surface area (Å²) in [5.41, 5.74) is 11.2. The van der Waals surface area contributed by atoms with Crippen molar-refractivity contribution in [2.75, 3.05) is 0 Å². The molecule has 6 aromatic rings. The van der Waals surface area contributed by atoms with Crippen LogP contribution in [0.5, 0.6) is 0 Å². The van der Waals surface area contributed by atoms with Crippen molar-refractivity contribution in [3.05, 3.63) is 156 Å². The van der Waals surface area contributed by atoms with Crippen LogP contribution in [0.3, 0.4) is 0 Å². The van der Waals surface area contributed by atoms with Gasteiger partial charge in [-0.25, -0.2) is 0 Å². The van der Waals surface area contributed by atoms with E-state index >= 15 is 0 Å². The fraction of sp³-hybridized carbons (Fsp3) is 0.140. The zero-order valence-electron chi connectivity index (χ0n) is 26.0. The molecular formula is C43H38Hf. The molecule has 0 amide bonds. The van der Waals surface area contributed by atoms with Crippen molar-refractivity contribution in [3.8, 4) is 22.3 Å². The molecule has 0 N–H and O–H groups in total. The molecule has 2 aliphatic carbocycles. The fourth-order valence-electron chi connectivity index (χ4n) is 8.43. The summed E-state index contributed by atoms with van der Waals surface area (Å²) in [6.07, 6.45) is 10.1. The number of hydrogen-bond acceptors (Lipinski definition) is 0. The van der Waals surface area contributed by atoms with E-state index in [1.807, 2.05) is 0 Å². The topological polar surface area (TPSA) is 0 Å². The van der Waals surface area contributed by atoms with Gasteiger partial charge in [-0.2, -0.15) is 0 Å². The Morgan fingerprint density at radius 1 is 0.455 bits per heavy atom. The minimum absolute atomic E-state index is 0.448. The maximum absolute atomic E-state index is 3.96. The van der Waals surface area contributed by atoms with Crippen molar-refractivity contribution in [3.63, 3.8) is 0 Å². The van der Waals surface area contributed by atoms with Crippen molar-refractivity contribution >= 4 is 37.0 Å². The average Bonchev–Trinajstić information content (AvgIpc) is 3.71. The van der Waals surface area contributed by atoms with Gasteiger partial charge >= 0.3 is 264 Å². The van der Waals surface area contributed by atoms with Crippen LogP contribution in [0.15, 0.2) is 133 Å². The second-order valence-electron chi connectivity index (χ2n) is 14.0. The molecule has 2 unspecified atom stereocenters. The Morgan fingerprint density at radius 2 is 0.841 bits per heavy atom. The van der Waals surface area contributed by atoms with Crippen LogP contribution in [0.1, 0.15) is 43.5 Å². The molecule has 44 heavy (non-hydrogen) atoms. The zero-order valence-corrected chi connectivity index (χ0v) is 29.6. The molecule has 0 radical (unpaired) electrons. The van der Waals surface area contributed by atoms with Crippen LogP contribution >= 0.6 is 0 Å². The molecule has 2 atom stereocenters. The Kier molecular flexibility index (Phi) is 6.30. The third-order valence-electron chi connectivity index (χ3n) is 11.5. The van der Waals surface area contributed by atoms with E-state index in [9.17, 15) is 0 Å². The first-order valence-electron chi connectivity index (χ1n) is 15.9. The van der Waals surface area contributed by atoms with Gasteiger partial charge in [0.25, 0.3) is 0 Å². The first-order valence-corrected chi connectivity index (χ1v) is 29.1. The number of fused-ring (bicyclic) bond motifs is 4. The van der Waals surface area contributed by atoms with Gasteiger partial charge in [0.2, 0.25) is 0 Å². The molecule has 2 aliphatic rings. The first kappa shape index (κ1) is 27.6. The Balaban J connectivity index is 1.29. The van der Waals surface area contributed by atoms with Crippen LogP contribution in [0.4, 0.5) is 0 Å². The molecule has 0 saturated heterocycles. The second kappa shape index (κ2) is 10.0. The third-order valence-corrected chi connectivity index (χ3v) is 40.2. The average molecular weight is 733 g/mol. The zero-order chi connectivity index (χ0) is 30.1. The minimum atomic E-state index is -3.96. The van der Waals surface area contributed by atoms with E-state index in [-0.39, 0.29) is 0 Å². The van der Waals surface area contributed by atoms with Gasteiger partial charge in [-0.05, 0) is 0 Å². The molecule has 0 bridgehead atoms. The molecular weight excluding hydrogens is 695 g/mol. The summed E-state index contributed by atoms with van der Waals surface area (Å²) in [6.45, 7) is 4.88. The van der Waals surface area contributed by atoms with Crippen LogP contribution in [0.2, 0.25) is 9.36 Å². The van der Waals surface area contributed by atoms with Crippen LogP contribution in [0, 0.1) is 0 Å². The van der Waals surface area contributed by atoms with Crippen LogP contribution in [-0.4, -0.2) is 3.26 Å². The summed E-state index contributed by atoms with van der Waals surface area (Å²) >= 11 is -3.96. The quantitative estimate of drug-likeness (QED) is 0.158. The molecule has 0 nitrogen and oxygen atoms in total. The van der Waals surface area contributed by atoms with Gasteiger partial charge in [0.1, 0.15) is 0 Å².